The first-order chi connectivity index (χ1) is 17.7. The smallest absolute Gasteiger partial charge is 0.220 e. The zero-order chi connectivity index (χ0) is 26.5. The van der Waals surface area contributed by atoms with E-state index in [1.807, 2.05) is 12.1 Å². The maximum Gasteiger partial charge on any atom is 0.220 e. The van der Waals surface area contributed by atoms with Gasteiger partial charge in [0.1, 0.15) is 0 Å². The molecule has 2 fully saturated rings. The molecule has 37 heavy (non-hydrogen) atoms. The average Bonchev–Trinajstić information content (AvgIpc) is 2.88. The van der Waals surface area contributed by atoms with Gasteiger partial charge in [-0.15, -0.1) is 0 Å². The van der Waals surface area contributed by atoms with Crippen molar-refractivity contribution < 1.29 is 9.90 Å². The lowest BCUT2D eigenvalue weighted by Gasteiger charge is -2.62. The lowest BCUT2D eigenvalue weighted by atomic mass is 9.43. The van der Waals surface area contributed by atoms with Crippen LogP contribution in [0.3, 0.4) is 0 Å². The number of aliphatic hydroxyl groups is 1. The van der Waals surface area contributed by atoms with Crippen LogP contribution < -0.4 is 5.32 Å². The lowest BCUT2D eigenvalue weighted by Crippen LogP contribution is -2.56. The minimum absolute atomic E-state index is 0.00477. The molecule has 0 aromatic carbocycles. The van der Waals surface area contributed by atoms with Crippen molar-refractivity contribution in [3.05, 3.63) is 35.2 Å². The third-order valence-electron chi connectivity index (χ3n) is 10.6. The van der Waals surface area contributed by atoms with Crippen LogP contribution in [0.1, 0.15) is 117 Å². The number of allylic oxidation sites excluding steroid dienone is 2. The zero-order valence-corrected chi connectivity index (χ0v) is 23.9. The number of nitrogens with zero attached hydrogens (tertiary/aromatic N) is 2. The van der Waals surface area contributed by atoms with Crippen LogP contribution in [0.25, 0.3) is 0 Å². The summed E-state index contributed by atoms with van der Waals surface area (Å²) in [5.41, 5.74) is 4.54. The molecule has 5 atom stereocenters. The fraction of sp³-hybridized carbons (Fsp3) is 0.781. The van der Waals surface area contributed by atoms with Crippen LogP contribution in [0.2, 0.25) is 0 Å². The molecule has 3 aliphatic rings. The molecule has 2 saturated carbocycles. The quantitative estimate of drug-likeness (QED) is 0.254. The number of unbranched alkanes of at least 4 members (excludes halogenated alkanes) is 4. The van der Waals surface area contributed by atoms with Gasteiger partial charge in [-0.05, 0) is 112 Å². The standard InChI is InChI=1S/C32H51N3O2/c1-23-13-16-27-26(14-17-28-31(2,3)29(36)19-20-32(27,28)4)25(23)15-18-30(37)33-21-9-7-5-6-8-11-24-12-10-22-34-35-24/h10,12,22,26-29,36H,5-9,11,13-21H2,1-4H3,(H,33,37)/t26?,27?,28?,29-,32+/m0/s1. The Kier molecular flexibility index (Phi) is 9.48. The summed E-state index contributed by atoms with van der Waals surface area (Å²) in [5.74, 6) is 2.15. The van der Waals surface area contributed by atoms with Crippen LogP contribution >= 0.6 is 0 Å². The zero-order valence-electron chi connectivity index (χ0n) is 23.9. The molecule has 0 radical (unpaired) electrons. The summed E-state index contributed by atoms with van der Waals surface area (Å²) in [7, 11) is 0. The van der Waals surface area contributed by atoms with E-state index in [0.717, 1.165) is 50.8 Å². The third kappa shape index (κ3) is 6.46. The molecule has 5 heteroatoms. The predicted octanol–water partition coefficient (Wildman–Crippen LogP) is 6.81. The number of aliphatic hydroxyl groups excluding tert-OH is 1. The number of rotatable bonds is 11. The molecule has 1 heterocycles. The van der Waals surface area contributed by atoms with Gasteiger partial charge in [0.25, 0.3) is 0 Å². The Morgan fingerprint density at radius 2 is 1.84 bits per heavy atom. The Morgan fingerprint density at radius 3 is 2.62 bits per heavy atom. The fourth-order valence-electron chi connectivity index (χ4n) is 8.42. The summed E-state index contributed by atoms with van der Waals surface area (Å²) in [6.45, 7) is 10.2. The van der Waals surface area contributed by atoms with Crippen LogP contribution in [0.15, 0.2) is 29.5 Å². The molecule has 3 unspecified atom stereocenters. The van der Waals surface area contributed by atoms with Crippen LogP contribution in [0, 0.1) is 28.6 Å². The number of aryl methyl sites for hydroxylation is 1. The van der Waals surface area contributed by atoms with E-state index >= 15 is 0 Å². The molecular formula is C32H51N3O2. The largest absolute Gasteiger partial charge is 0.393 e. The summed E-state index contributed by atoms with van der Waals surface area (Å²) in [5, 5.41) is 22.0. The first-order valence-corrected chi connectivity index (χ1v) is 15.1. The van der Waals surface area contributed by atoms with Gasteiger partial charge in [-0.25, -0.2) is 0 Å². The van der Waals surface area contributed by atoms with Gasteiger partial charge in [0.05, 0.1) is 11.8 Å². The Labute approximate surface area is 225 Å². The number of hydrogen-bond acceptors (Lipinski definition) is 4. The molecule has 3 aliphatic carbocycles. The van der Waals surface area contributed by atoms with Crippen LogP contribution in [0.4, 0.5) is 0 Å². The van der Waals surface area contributed by atoms with Crippen LogP contribution in [-0.4, -0.2) is 33.9 Å². The van der Waals surface area contributed by atoms with Gasteiger partial charge in [0, 0.05) is 19.2 Å². The first-order valence-electron chi connectivity index (χ1n) is 15.1. The second-order valence-corrected chi connectivity index (χ2v) is 13.2. The SMILES string of the molecule is CC1=C(CCC(=O)NCCCCCCCc2cccnn2)C2CCC3C(C)(C)[C@@H](O)CC[C@]3(C)C2CC1. The van der Waals surface area contributed by atoms with E-state index in [1.54, 1.807) is 17.3 Å². The second-order valence-electron chi connectivity index (χ2n) is 13.2. The van der Waals surface area contributed by atoms with Gasteiger partial charge in [0.2, 0.25) is 5.91 Å². The van der Waals surface area contributed by atoms with Crippen LogP contribution in [0.5, 0.6) is 0 Å². The second kappa shape index (κ2) is 12.4. The van der Waals surface area contributed by atoms with E-state index in [2.05, 4.69) is 43.2 Å². The number of carbonyl (C=O) groups is 1. The highest BCUT2D eigenvalue weighted by atomic mass is 16.3. The molecule has 206 valence electrons. The molecule has 2 N–H and O–H groups in total. The molecule has 5 nitrogen and oxygen atoms in total. The molecule has 1 amide bonds. The molecule has 0 bridgehead atoms. The highest BCUT2D eigenvalue weighted by Gasteiger charge is 2.58. The average molecular weight is 510 g/mol. The Morgan fingerprint density at radius 1 is 1.05 bits per heavy atom. The van der Waals surface area contributed by atoms with E-state index in [-0.39, 0.29) is 17.4 Å². The normalized spacial score (nSPS) is 30.9. The number of fused-ring (bicyclic) bond motifs is 3. The molecule has 1 aromatic heterocycles. The Hall–Kier alpha value is -1.75. The summed E-state index contributed by atoms with van der Waals surface area (Å²) >= 11 is 0. The third-order valence-corrected chi connectivity index (χ3v) is 10.6. The monoisotopic (exact) mass is 509 g/mol. The van der Waals surface area contributed by atoms with Crippen molar-refractivity contribution >= 4 is 5.91 Å². The predicted molar refractivity (Wildman–Crippen MR) is 150 cm³/mol. The molecular weight excluding hydrogens is 458 g/mol. The summed E-state index contributed by atoms with van der Waals surface area (Å²) < 4.78 is 0. The van der Waals surface area contributed by atoms with E-state index < -0.39 is 0 Å². The Bertz CT molecular complexity index is 927. The van der Waals surface area contributed by atoms with Gasteiger partial charge in [-0.2, -0.15) is 10.2 Å². The number of amides is 1. The molecule has 0 spiro atoms. The van der Waals surface area contributed by atoms with Crippen LogP contribution in [-0.2, 0) is 11.2 Å². The van der Waals surface area contributed by atoms with E-state index in [9.17, 15) is 9.90 Å². The van der Waals surface area contributed by atoms with Crippen molar-refractivity contribution in [2.75, 3.05) is 6.54 Å². The summed E-state index contributed by atoms with van der Waals surface area (Å²) in [6, 6.07) is 3.99. The number of nitrogens with one attached hydrogen (secondary N) is 1. The van der Waals surface area contributed by atoms with E-state index in [1.165, 1.54) is 44.9 Å². The van der Waals surface area contributed by atoms with Gasteiger partial charge >= 0.3 is 0 Å². The summed E-state index contributed by atoms with van der Waals surface area (Å²) in [6.07, 6.45) is 16.9. The van der Waals surface area contributed by atoms with Crippen molar-refractivity contribution in [1.82, 2.24) is 15.5 Å². The van der Waals surface area contributed by atoms with E-state index in [4.69, 9.17) is 0 Å². The van der Waals surface area contributed by atoms with Gasteiger partial charge in [-0.1, -0.05) is 51.2 Å². The van der Waals surface area contributed by atoms with Gasteiger partial charge in [0.15, 0.2) is 0 Å². The first kappa shape index (κ1) is 28.3. The van der Waals surface area contributed by atoms with Crippen molar-refractivity contribution in [2.24, 2.45) is 28.6 Å². The molecule has 4 rings (SSSR count). The number of aromatic nitrogens is 2. The molecule has 0 saturated heterocycles. The highest BCUT2D eigenvalue weighted by Crippen LogP contribution is 2.64. The molecule has 1 aromatic rings. The number of carbonyl (C=O) groups excluding carboxylic acids is 1. The summed E-state index contributed by atoms with van der Waals surface area (Å²) in [4.78, 5) is 12.7. The van der Waals surface area contributed by atoms with Crippen molar-refractivity contribution in [1.29, 1.82) is 0 Å². The minimum atomic E-state index is -0.171. The van der Waals surface area contributed by atoms with Gasteiger partial charge < -0.3 is 10.4 Å². The lowest BCUT2D eigenvalue weighted by molar-refractivity contribution is -0.149. The topological polar surface area (TPSA) is 75.1 Å². The van der Waals surface area contributed by atoms with Crippen molar-refractivity contribution in [3.8, 4) is 0 Å². The Balaban J connectivity index is 1.18. The highest BCUT2D eigenvalue weighted by molar-refractivity contribution is 5.76. The van der Waals surface area contributed by atoms with E-state index in [0.29, 0.717) is 29.6 Å². The minimum Gasteiger partial charge on any atom is -0.393 e. The van der Waals surface area contributed by atoms with Gasteiger partial charge in [-0.3, -0.25) is 4.79 Å². The van der Waals surface area contributed by atoms with Crippen molar-refractivity contribution in [3.63, 3.8) is 0 Å². The molecule has 0 aliphatic heterocycles. The fourth-order valence-corrected chi connectivity index (χ4v) is 8.42. The van der Waals surface area contributed by atoms with Crippen molar-refractivity contribution in [2.45, 2.75) is 124 Å². The maximum absolute atomic E-state index is 12.7. The number of hydrogen-bond donors (Lipinski definition) is 2. The maximum atomic E-state index is 12.7.